The number of nitrogens with zero attached hydrogens (tertiary/aromatic N) is 4. The van der Waals surface area contributed by atoms with E-state index in [4.69, 9.17) is 9.72 Å². The zero-order chi connectivity index (χ0) is 23.7. The number of aromatic nitrogens is 3. The summed E-state index contributed by atoms with van der Waals surface area (Å²) >= 11 is 0. The molecule has 10 nitrogen and oxygen atoms in total. The fourth-order valence-corrected chi connectivity index (χ4v) is 6.96. The van der Waals surface area contributed by atoms with Gasteiger partial charge in [-0.3, -0.25) is 9.36 Å². The van der Waals surface area contributed by atoms with Crippen LogP contribution in [0.4, 0.5) is 5.95 Å². The highest BCUT2D eigenvalue weighted by Crippen LogP contribution is 2.35. The van der Waals surface area contributed by atoms with Crippen LogP contribution >= 0.6 is 0 Å². The van der Waals surface area contributed by atoms with Crippen molar-refractivity contribution in [1.82, 2.24) is 23.6 Å². The monoisotopic (exact) mass is 490 g/mol. The second-order valence-electron chi connectivity index (χ2n) is 9.82. The molecule has 2 saturated heterocycles. The number of rotatable bonds is 6. The van der Waals surface area contributed by atoms with Crippen LogP contribution in [-0.4, -0.2) is 65.6 Å². The van der Waals surface area contributed by atoms with Gasteiger partial charge < -0.3 is 10.1 Å². The Balaban J connectivity index is 1.26. The molecule has 2 N–H and O–H groups in total. The van der Waals surface area contributed by atoms with Crippen LogP contribution in [0.25, 0.3) is 11.0 Å². The van der Waals surface area contributed by atoms with Crippen LogP contribution < -0.4 is 15.6 Å². The molecule has 2 aromatic rings. The molecule has 5 rings (SSSR count). The summed E-state index contributed by atoms with van der Waals surface area (Å²) in [5.74, 6) is 0.926. The Hall–Kier alpha value is -2.08. The quantitative estimate of drug-likeness (QED) is 0.636. The van der Waals surface area contributed by atoms with Gasteiger partial charge in [-0.2, -0.15) is 22.4 Å². The first kappa shape index (κ1) is 23.7. The first-order valence-corrected chi connectivity index (χ1v) is 13.8. The molecule has 3 aliphatic rings. The molecule has 2 aliphatic heterocycles. The fourth-order valence-electron chi connectivity index (χ4n) is 5.46. The molecule has 0 radical (unpaired) electrons. The predicted octanol–water partition coefficient (Wildman–Crippen LogP) is 2.04. The molecular formula is C23H34N6O4S. The first-order chi connectivity index (χ1) is 16.4. The molecule has 34 heavy (non-hydrogen) atoms. The van der Waals surface area contributed by atoms with Crippen molar-refractivity contribution in [3.8, 4) is 0 Å². The summed E-state index contributed by atoms with van der Waals surface area (Å²) in [5.41, 5.74) is 0.649. The summed E-state index contributed by atoms with van der Waals surface area (Å²) in [6.07, 6.45) is 7.74. The van der Waals surface area contributed by atoms with Gasteiger partial charge in [-0.25, -0.2) is 4.98 Å². The lowest BCUT2D eigenvalue weighted by Crippen LogP contribution is -2.50. The minimum absolute atomic E-state index is 0.0218. The van der Waals surface area contributed by atoms with Gasteiger partial charge in [0.2, 0.25) is 5.95 Å². The molecule has 0 bridgehead atoms. The van der Waals surface area contributed by atoms with Gasteiger partial charge in [-0.1, -0.05) is 13.3 Å². The van der Waals surface area contributed by atoms with Crippen LogP contribution in [0.5, 0.6) is 0 Å². The topological polar surface area (TPSA) is 118 Å². The number of hydrogen-bond acceptors (Lipinski definition) is 7. The van der Waals surface area contributed by atoms with Crippen molar-refractivity contribution in [2.45, 2.75) is 70.0 Å². The Morgan fingerprint density at radius 1 is 1.03 bits per heavy atom. The zero-order valence-corrected chi connectivity index (χ0v) is 20.5. The summed E-state index contributed by atoms with van der Waals surface area (Å²) in [6.45, 7) is 4.26. The van der Waals surface area contributed by atoms with Crippen LogP contribution in [0, 0.1) is 5.92 Å². The van der Waals surface area contributed by atoms with Gasteiger partial charge in [0.1, 0.15) is 5.65 Å². The molecular weight excluding hydrogens is 456 g/mol. The largest absolute Gasteiger partial charge is 0.381 e. The van der Waals surface area contributed by atoms with Crippen molar-refractivity contribution in [2.75, 3.05) is 31.6 Å². The van der Waals surface area contributed by atoms with Crippen LogP contribution in [0.3, 0.4) is 0 Å². The van der Waals surface area contributed by atoms with Gasteiger partial charge in [0.25, 0.3) is 15.8 Å². The molecule has 1 aliphatic carbocycles. The summed E-state index contributed by atoms with van der Waals surface area (Å²) < 4.78 is 37.1. The highest BCUT2D eigenvalue weighted by molar-refractivity contribution is 7.87. The van der Waals surface area contributed by atoms with E-state index in [1.54, 1.807) is 18.3 Å². The number of piperidine rings is 1. The smallest absolute Gasteiger partial charge is 0.279 e. The summed E-state index contributed by atoms with van der Waals surface area (Å²) in [7, 11) is -3.50. The van der Waals surface area contributed by atoms with Crippen LogP contribution in [0.1, 0.15) is 57.9 Å². The molecule has 0 unspecified atom stereocenters. The number of ether oxygens (including phenoxy) is 1. The molecule has 0 aromatic carbocycles. The molecule has 2 atom stereocenters. The van der Waals surface area contributed by atoms with E-state index in [1.807, 2.05) is 4.57 Å². The second kappa shape index (κ2) is 9.88. The first-order valence-electron chi connectivity index (χ1n) is 12.4. The highest BCUT2D eigenvalue weighted by Gasteiger charge is 2.31. The van der Waals surface area contributed by atoms with Gasteiger partial charge >= 0.3 is 0 Å². The molecule has 1 saturated carbocycles. The Kier molecular flexibility index (Phi) is 6.88. The number of fused-ring (bicyclic) bond motifs is 1. The van der Waals surface area contributed by atoms with E-state index >= 15 is 0 Å². The third kappa shape index (κ3) is 4.98. The van der Waals surface area contributed by atoms with Crippen LogP contribution in [0.15, 0.2) is 23.1 Å². The Labute approximate surface area is 200 Å². The van der Waals surface area contributed by atoms with E-state index in [0.717, 1.165) is 24.6 Å². The summed E-state index contributed by atoms with van der Waals surface area (Å²) in [6, 6.07) is 3.57. The summed E-state index contributed by atoms with van der Waals surface area (Å²) in [4.78, 5) is 22.0. The molecule has 4 heterocycles. The zero-order valence-electron chi connectivity index (χ0n) is 19.6. The molecule has 11 heteroatoms. The molecule has 3 fully saturated rings. The third-order valence-electron chi connectivity index (χ3n) is 7.48. The summed E-state index contributed by atoms with van der Waals surface area (Å²) in [5, 5.41) is 4.23. The lowest BCUT2D eigenvalue weighted by atomic mass is 10.1. The van der Waals surface area contributed by atoms with Crippen molar-refractivity contribution in [1.29, 1.82) is 0 Å². The van der Waals surface area contributed by atoms with Gasteiger partial charge in [0, 0.05) is 62.1 Å². The average molecular weight is 491 g/mol. The van der Waals surface area contributed by atoms with Crippen molar-refractivity contribution in [3.63, 3.8) is 0 Å². The van der Waals surface area contributed by atoms with E-state index < -0.39 is 10.2 Å². The number of hydrogen-bond donors (Lipinski definition) is 2. The van der Waals surface area contributed by atoms with Gasteiger partial charge in [-0.15, -0.1) is 0 Å². The average Bonchev–Trinajstić information content (AvgIpc) is 3.25. The molecule has 186 valence electrons. The van der Waals surface area contributed by atoms with E-state index in [9.17, 15) is 13.2 Å². The Morgan fingerprint density at radius 3 is 2.50 bits per heavy atom. The van der Waals surface area contributed by atoms with Crippen molar-refractivity contribution < 1.29 is 13.2 Å². The van der Waals surface area contributed by atoms with E-state index in [2.05, 4.69) is 21.9 Å². The minimum Gasteiger partial charge on any atom is -0.381 e. The fraction of sp³-hybridized carbons (Fsp3) is 0.696. The van der Waals surface area contributed by atoms with E-state index in [-0.39, 0.29) is 23.7 Å². The molecule has 2 aromatic heterocycles. The molecule has 0 spiro atoms. The SMILES string of the molecule is C[C@H]1CCC[C@H]1n1c(=O)ccc2cnc(NC3CCN(S(=O)(=O)NC4CCOCC4)CC3)nc21. The van der Waals surface area contributed by atoms with Gasteiger partial charge in [0.15, 0.2) is 0 Å². The predicted molar refractivity (Wildman–Crippen MR) is 130 cm³/mol. The maximum absolute atomic E-state index is 12.8. The molecule has 0 amide bonds. The van der Waals surface area contributed by atoms with Crippen LogP contribution in [0.2, 0.25) is 0 Å². The highest BCUT2D eigenvalue weighted by atomic mass is 32.2. The number of pyridine rings is 1. The Morgan fingerprint density at radius 2 is 1.79 bits per heavy atom. The van der Waals surface area contributed by atoms with E-state index in [0.29, 0.717) is 69.5 Å². The van der Waals surface area contributed by atoms with Crippen molar-refractivity contribution in [2.24, 2.45) is 5.92 Å². The maximum Gasteiger partial charge on any atom is 0.279 e. The lowest BCUT2D eigenvalue weighted by molar-refractivity contribution is 0.0827. The lowest BCUT2D eigenvalue weighted by Gasteiger charge is -2.33. The van der Waals surface area contributed by atoms with Gasteiger partial charge in [-0.05, 0) is 50.5 Å². The maximum atomic E-state index is 12.8. The van der Waals surface area contributed by atoms with E-state index in [1.165, 1.54) is 4.31 Å². The third-order valence-corrected chi connectivity index (χ3v) is 9.16. The van der Waals surface area contributed by atoms with Gasteiger partial charge in [0.05, 0.1) is 0 Å². The standard InChI is InChI=1S/C23H34N6O4S/c1-16-3-2-4-20(16)29-21(30)6-5-17-15-24-23(26-22(17)29)25-18-7-11-28(12-8-18)34(31,32)27-19-9-13-33-14-10-19/h5-6,15-16,18-20,27H,2-4,7-14H2,1H3,(H,24,25,26)/t16-,20+/m0/s1. The van der Waals surface area contributed by atoms with Crippen molar-refractivity contribution in [3.05, 3.63) is 28.7 Å². The number of nitrogens with one attached hydrogen (secondary N) is 2. The van der Waals surface area contributed by atoms with Crippen LogP contribution in [-0.2, 0) is 14.9 Å². The number of anilines is 1. The normalized spacial score (nSPS) is 25.7. The Bertz CT molecular complexity index is 1170. The second-order valence-corrected chi connectivity index (χ2v) is 11.5. The van der Waals surface area contributed by atoms with Crippen molar-refractivity contribution >= 4 is 27.2 Å². The minimum atomic E-state index is -3.50.